The summed E-state index contributed by atoms with van der Waals surface area (Å²) in [6.45, 7) is 1.98. The Morgan fingerprint density at radius 3 is 2.82 bits per heavy atom. The third-order valence-corrected chi connectivity index (χ3v) is 2.94. The van der Waals surface area contributed by atoms with Crippen LogP contribution in [-0.4, -0.2) is 14.5 Å². The maximum Gasteiger partial charge on any atom is 0.159 e. The van der Waals surface area contributed by atoms with E-state index in [1.54, 1.807) is 6.20 Å². The van der Waals surface area contributed by atoms with E-state index in [4.69, 9.17) is 0 Å². The van der Waals surface area contributed by atoms with E-state index in [1.165, 1.54) is 10.9 Å². The highest BCUT2D eigenvalue weighted by molar-refractivity contribution is 5.84. The van der Waals surface area contributed by atoms with Crippen molar-refractivity contribution in [2.75, 3.05) is 0 Å². The lowest BCUT2D eigenvalue weighted by Gasteiger charge is -2.02. The molecule has 3 heteroatoms. The Morgan fingerprint density at radius 2 is 2.00 bits per heavy atom. The first-order chi connectivity index (χ1) is 8.24. The van der Waals surface area contributed by atoms with Crippen LogP contribution >= 0.6 is 0 Å². The van der Waals surface area contributed by atoms with Gasteiger partial charge in [-0.05, 0) is 37.3 Å². The van der Waals surface area contributed by atoms with E-state index in [9.17, 15) is 0 Å². The number of aromatic nitrogens is 3. The zero-order chi connectivity index (χ0) is 11.8. The van der Waals surface area contributed by atoms with Gasteiger partial charge in [0, 0.05) is 41.6 Å². The fraction of sp³-hybridized carbons (Fsp3) is 0.143. The molecule has 17 heavy (non-hydrogen) atoms. The molecule has 3 aromatic rings. The summed E-state index contributed by atoms with van der Waals surface area (Å²) in [5.74, 6) is 0.788. The van der Waals surface area contributed by atoms with Crippen molar-refractivity contribution in [3.05, 3.63) is 48.4 Å². The standard InChI is InChI=1S/C14H13N3/c1-10-5-7-15-14(16-10)12-3-4-13-11(9-12)6-8-17(13)2/h3-9H,1-2H3. The summed E-state index contributed by atoms with van der Waals surface area (Å²) in [6.07, 6.45) is 3.86. The van der Waals surface area contributed by atoms with Crippen LogP contribution in [0.5, 0.6) is 0 Å². The zero-order valence-electron chi connectivity index (χ0n) is 9.88. The van der Waals surface area contributed by atoms with Crippen LogP contribution in [0.15, 0.2) is 42.7 Å². The summed E-state index contributed by atoms with van der Waals surface area (Å²) in [5.41, 5.74) is 3.27. The molecule has 0 unspecified atom stereocenters. The summed E-state index contributed by atoms with van der Waals surface area (Å²) in [5, 5.41) is 1.22. The first-order valence-corrected chi connectivity index (χ1v) is 5.59. The average Bonchev–Trinajstić information content (AvgIpc) is 2.71. The number of benzene rings is 1. The van der Waals surface area contributed by atoms with Gasteiger partial charge in [0.25, 0.3) is 0 Å². The zero-order valence-corrected chi connectivity index (χ0v) is 9.88. The minimum absolute atomic E-state index is 0.788. The lowest BCUT2D eigenvalue weighted by Crippen LogP contribution is -1.90. The van der Waals surface area contributed by atoms with Gasteiger partial charge < -0.3 is 4.57 Å². The summed E-state index contributed by atoms with van der Waals surface area (Å²) < 4.78 is 2.11. The molecule has 0 saturated heterocycles. The molecule has 0 fully saturated rings. The Bertz CT molecular complexity index is 683. The molecule has 0 radical (unpaired) electrons. The average molecular weight is 223 g/mol. The highest BCUT2D eigenvalue weighted by atomic mass is 14.9. The molecule has 0 bridgehead atoms. The van der Waals surface area contributed by atoms with Crippen molar-refractivity contribution in [3.8, 4) is 11.4 Å². The minimum Gasteiger partial charge on any atom is -0.351 e. The maximum absolute atomic E-state index is 4.44. The Labute approximate surface area is 99.8 Å². The van der Waals surface area contributed by atoms with Gasteiger partial charge in [-0.1, -0.05) is 0 Å². The molecule has 3 rings (SSSR count). The summed E-state index contributed by atoms with van der Waals surface area (Å²) in [4.78, 5) is 8.74. The molecule has 84 valence electrons. The molecule has 0 aliphatic carbocycles. The minimum atomic E-state index is 0.788. The normalized spacial score (nSPS) is 10.9. The molecule has 0 spiro atoms. The van der Waals surface area contributed by atoms with Gasteiger partial charge in [0.15, 0.2) is 5.82 Å². The van der Waals surface area contributed by atoms with Crippen LogP contribution in [0, 0.1) is 6.92 Å². The van der Waals surface area contributed by atoms with E-state index in [0.717, 1.165) is 17.1 Å². The highest BCUT2D eigenvalue weighted by Gasteiger charge is 2.04. The number of hydrogen-bond donors (Lipinski definition) is 0. The first kappa shape index (κ1) is 10.0. The van der Waals surface area contributed by atoms with Gasteiger partial charge in [0.2, 0.25) is 0 Å². The maximum atomic E-state index is 4.44. The SMILES string of the molecule is Cc1ccnc(-c2ccc3c(ccn3C)c2)n1. The van der Waals surface area contributed by atoms with E-state index < -0.39 is 0 Å². The number of fused-ring (bicyclic) bond motifs is 1. The van der Waals surface area contributed by atoms with E-state index in [2.05, 4.69) is 45.0 Å². The molecule has 0 atom stereocenters. The van der Waals surface area contributed by atoms with Gasteiger partial charge in [-0.3, -0.25) is 0 Å². The number of aryl methyl sites for hydroxylation is 2. The van der Waals surface area contributed by atoms with Crippen molar-refractivity contribution in [2.24, 2.45) is 7.05 Å². The predicted molar refractivity (Wildman–Crippen MR) is 68.7 cm³/mol. The first-order valence-electron chi connectivity index (χ1n) is 5.59. The van der Waals surface area contributed by atoms with E-state index in [0.29, 0.717) is 0 Å². The smallest absolute Gasteiger partial charge is 0.159 e. The van der Waals surface area contributed by atoms with E-state index >= 15 is 0 Å². The van der Waals surface area contributed by atoms with Crippen LogP contribution in [0.4, 0.5) is 0 Å². The van der Waals surface area contributed by atoms with Gasteiger partial charge in [-0.15, -0.1) is 0 Å². The van der Waals surface area contributed by atoms with Gasteiger partial charge >= 0.3 is 0 Å². The number of hydrogen-bond acceptors (Lipinski definition) is 2. The topological polar surface area (TPSA) is 30.7 Å². The van der Waals surface area contributed by atoms with Crippen molar-refractivity contribution >= 4 is 10.9 Å². The number of rotatable bonds is 1. The molecule has 0 aliphatic rings. The Morgan fingerprint density at radius 1 is 1.12 bits per heavy atom. The van der Waals surface area contributed by atoms with Crippen LogP contribution in [-0.2, 0) is 7.05 Å². The lowest BCUT2D eigenvalue weighted by atomic mass is 10.1. The molecule has 0 aliphatic heterocycles. The van der Waals surface area contributed by atoms with Crippen LogP contribution < -0.4 is 0 Å². The largest absolute Gasteiger partial charge is 0.351 e. The molecule has 0 saturated carbocycles. The second-order valence-electron chi connectivity index (χ2n) is 4.22. The molecule has 3 nitrogen and oxygen atoms in total. The molecular formula is C14H13N3. The highest BCUT2D eigenvalue weighted by Crippen LogP contribution is 2.22. The lowest BCUT2D eigenvalue weighted by molar-refractivity contribution is 0.969. The molecule has 1 aromatic carbocycles. The fourth-order valence-corrected chi connectivity index (χ4v) is 2.01. The molecule has 2 heterocycles. The Balaban J connectivity index is 2.18. The summed E-state index contributed by atoms with van der Waals surface area (Å²) >= 11 is 0. The monoisotopic (exact) mass is 223 g/mol. The second-order valence-corrected chi connectivity index (χ2v) is 4.22. The Kier molecular flexibility index (Phi) is 2.18. The van der Waals surface area contributed by atoms with Crippen LogP contribution in [0.2, 0.25) is 0 Å². The third-order valence-electron chi connectivity index (χ3n) is 2.94. The molecule has 0 amide bonds. The van der Waals surface area contributed by atoms with Crippen molar-refractivity contribution < 1.29 is 0 Å². The van der Waals surface area contributed by atoms with Crippen molar-refractivity contribution in [1.29, 1.82) is 0 Å². The fourth-order valence-electron chi connectivity index (χ4n) is 2.01. The summed E-state index contributed by atoms with van der Waals surface area (Å²) in [6, 6.07) is 10.3. The Hall–Kier alpha value is -2.16. The molecular weight excluding hydrogens is 210 g/mol. The van der Waals surface area contributed by atoms with Crippen molar-refractivity contribution in [2.45, 2.75) is 6.92 Å². The van der Waals surface area contributed by atoms with E-state index in [-0.39, 0.29) is 0 Å². The third kappa shape index (κ3) is 1.69. The van der Waals surface area contributed by atoms with Gasteiger partial charge in [-0.25, -0.2) is 9.97 Å². The van der Waals surface area contributed by atoms with Gasteiger partial charge in [-0.2, -0.15) is 0 Å². The van der Waals surface area contributed by atoms with E-state index in [1.807, 2.05) is 20.0 Å². The van der Waals surface area contributed by atoms with Gasteiger partial charge in [0.1, 0.15) is 0 Å². The molecule has 2 aromatic heterocycles. The predicted octanol–water partition coefficient (Wildman–Crippen LogP) is 2.94. The van der Waals surface area contributed by atoms with Crippen LogP contribution in [0.1, 0.15) is 5.69 Å². The summed E-state index contributed by atoms with van der Waals surface area (Å²) in [7, 11) is 2.05. The van der Waals surface area contributed by atoms with Crippen molar-refractivity contribution in [3.63, 3.8) is 0 Å². The second kappa shape index (κ2) is 3.70. The van der Waals surface area contributed by atoms with Crippen LogP contribution in [0.25, 0.3) is 22.3 Å². The van der Waals surface area contributed by atoms with Crippen molar-refractivity contribution in [1.82, 2.24) is 14.5 Å². The van der Waals surface area contributed by atoms with Gasteiger partial charge in [0.05, 0.1) is 0 Å². The molecule has 0 N–H and O–H groups in total. The quantitative estimate of drug-likeness (QED) is 0.635. The number of nitrogens with zero attached hydrogens (tertiary/aromatic N) is 3. The van der Waals surface area contributed by atoms with Crippen LogP contribution in [0.3, 0.4) is 0 Å².